The summed E-state index contributed by atoms with van der Waals surface area (Å²) < 4.78 is 5.49. The van der Waals surface area contributed by atoms with E-state index in [9.17, 15) is 14.7 Å². The molecule has 5 aromatic carbocycles. The molecule has 0 unspecified atom stereocenters. The molecule has 5 aromatic rings. The summed E-state index contributed by atoms with van der Waals surface area (Å²) in [6.07, 6.45) is 2.29. The van der Waals surface area contributed by atoms with E-state index in [2.05, 4.69) is 10.7 Å². The van der Waals surface area contributed by atoms with Gasteiger partial charge < -0.3 is 15.2 Å². The number of carbonyl (C=O) groups excluding carboxylic acids is 4. The number of rotatable bonds is 8. The molecule has 2 aliphatic carbocycles. The highest BCUT2D eigenvalue weighted by Gasteiger charge is 2.70. The zero-order valence-corrected chi connectivity index (χ0v) is 33.0. The van der Waals surface area contributed by atoms with Crippen molar-refractivity contribution in [2.75, 3.05) is 22.8 Å². The molecule has 58 heavy (non-hydrogen) atoms. The van der Waals surface area contributed by atoms with Crippen LogP contribution in [0.2, 0.25) is 10.0 Å². The van der Waals surface area contributed by atoms with Gasteiger partial charge in [0.1, 0.15) is 11.5 Å². The number of aryl methyl sites for hydroxylation is 1. The monoisotopic (exact) mass is 812 g/mol. The number of nitrogens with zero attached hydrogens (tertiary/aromatic N) is 2. The van der Waals surface area contributed by atoms with Crippen molar-refractivity contribution in [3.63, 3.8) is 0 Å². The second kappa shape index (κ2) is 14.4. The van der Waals surface area contributed by atoms with Gasteiger partial charge in [0.05, 0.1) is 46.7 Å². The van der Waals surface area contributed by atoms with Crippen LogP contribution in [0.3, 0.4) is 0 Å². The first-order chi connectivity index (χ1) is 28.0. The first-order valence-corrected chi connectivity index (χ1v) is 19.8. The summed E-state index contributed by atoms with van der Waals surface area (Å²) in [5.74, 6) is -5.26. The number of fused-ring (bicyclic) bond motifs is 4. The lowest BCUT2D eigenvalue weighted by Crippen LogP contribution is -2.53. The molecular formula is C46H38Cl2N4O6. The molecule has 9 rings (SSSR count). The van der Waals surface area contributed by atoms with Crippen LogP contribution in [0.5, 0.6) is 11.5 Å². The number of allylic oxidation sites excluding steroid dienone is 2. The molecule has 4 aliphatic rings. The molecule has 3 N–H and O–H groups in total. The molecule has 6 atom stereocenters. The minimum atomic E-state index is -1.59. The number of aromatic hydroxyl groups is 1. The van der Waals surface area contributed by atoms with Crippen molar-refractivity contribution in [2.45, 2.75) is 31.1 Å². The largest absolute Gasteiger partial charge is 0.507 e. The van der Waals surface area contributed by atoms with Crippen molar-refractivity contribution in [3.05, 3.63) is 154 Å². The fraction of sp³-hybridized carbons (Fsp3) is 0.217. The molecule has 12 heteroatoms. The summed E-state index contributed by atoms with van der Waals surface area (Å²) >= 11 is 12.8. The highest BCUT2D eigenvalue weighted by molar-refractivity contribution is 6.36. The molecule has 4 amide bonds. The molecular weight excluding hydrogens is 775 g/mol. The number of hydrogen-bond acceptors (Lipinski definition) is 8. The number of ether oxygens (including phenoxy) is 1. The van der Waals surface area contributed by atoms with Crippen LogP contribution in [0.1, 0.15) is 35.4 Å². The van der Waals surface area contributed by atoms with Crippen LogP contribution in [0.15, 0.2) is 127 Å². The average molecular weight is 814 g/mol. The molecule has 10 nitrogen and oxygen atoms in total. The normalized spacial score (nSPS) is 24.9. The molecule has 0 aromatic heterocycles. The predicted molar refractivity (Wildman–Crippen MR) is 222 cm³/mol. The van der Waals surface area contributed by atoms with Gasteiger partial charge in [-0.25, -0.2) is 0 Å². The SMILES string of the molecule is COc1ccc([C@@]23C(=O)N(Nc4ccc(Cl)cc4Cl)C(=O)[C@@H]2C[C@@H]2C(=CC[C@@H]4C(=O)N(c5ccc(Nc6ccccc6)cc5)C(=O)[C@@H]42)[C@@H]3c2cccc(C)c2O)cc1. The number of carbonyl (C=O) groups is 4. The number of methoxy groups -OCH3 is 1. The number of imide groups is 2. The number of hydrogen-bond donors (Lipinski definition) is 3. The van der Waals surface area contributed by atoms with E-state index in [1.807, 2.05) is 54.6 Å². The number of anilines is 4. The van der Waals surface area contributed by atoms with Crippen LogP contribution in [0.4, 0.5) is 22.7 Å². The van der Waals surface area contributed by atoms with Crippen molar-refractivity contribution in [1.29, 1.82) is 0 Å². The van der Waals surface area contributed by atoms with Gasteiger partial charge in [0, 0.05) is 27.9 Å². The summed E-state index contributed by atoms with van der Waals surface area (Å²) in [5.41, 5.74) is 6.13. The lowest BCUT2D eigenvalue weighted by molar-refractivity contribution is -0.138. The number of amides is 4. The maximum absolute atomic E-state index is 15.5. The first kappa shape index (κ1) is 37.5. The first-order valence-electron chi connectivity index (χ1n) is 19.1. The summed E-state index contributed by atoms with van der Waals surface area (Å²) in [6.45, 7) is 1.78. The maximum Gasteiger partial charge on any atom is 0.260 e. The number of para-hydroxylation sites is 2. The Hall–Kier alpha value is -6.10. The van der Waals surface area contributed by atoms with Crippen LogP contribution in [0, 0.1) is 30.6 Å². The smallest absolute Gasteiger partial charge is 0.260 e. The molecule has 1 saturated carbocycles. The Morgan fingerprint density at radius 2 is 1.52 bits per heavy atom. The Morgan fingerprint density at radius 1 is 0.793 bits per heavy atom. The lowest BCUT2D eigenvalue weighted by atomic mass is 9.49. The van der Waals surface area contributed by atoms with Gasteiger partial charge >= 0.3 is 0 Å². The van der Waals surface area contributed by atoms with E-state index in [0.29, 0.717) is 38.8 Å². The number of phenols is 1. The van der Waals surface area contributed by atoms with E-state index in [1.54, 1.807) is 74.7 Å². The zero-order valence-electron chi connectivity index (χ0n) is 31.5. The number of benzene rings is 5. The average Bonchev–Trinajstić information content (AvgIpc) is 3.61. The van der Waals surface area contributed by atoms with Gasteiger partial charge in [-0.15, -0.1) is 0 Å². The fourth-order valence-electron chi connectivity index (χ4n) is 9.74. The van der Waals surface area contributed by atoms with Crippen molar-refractivity contribution < 1.29 is 29.0 Å². The van der Waals surface area contributed by atoms with Crippen molar-refractivity contribution in [1.82, 2.24) is 5.01 Å². The highest BCUT2D eigenvalue weighted by Crippen LogP contribution is 2.65. The second-order valence-corrected chi connectivity index (χ2v) is 16.1. The Balaban J connectivity index is 1.17. The van der Waals surface area contributed by atoms with E-state index in [4.69, 9.17) is 27.9 Å². The number of phenolic OH excluding ortho intramolecular Hbond substituents is 1. The summed E-state index contributed by atoms with van der Waals surface area (Å²) in [7, 11) is 1.54. The molecule has 0 radical (unpaired) electrons. The van der Waals surface area contributed by atoms with Crippen molar-refractivity contribution in [2.24, 2.45) is 23.7 Å². The highest BCUT2D eigenvalue weighted by atomic mass is 35.5. The Morgan fingerprint density at radius 3 is 2.22 bits per heavy atom. The summed E-state index contributed by atoms with van der Waals surface area (Å²) in [6, 6.07) is 33.9. The van der Waals surface area contributed by atoms with Gasteiger partial charge in [-0.05, 0) is 104 Å². The van der Waals surface area contributed by atoms with Gasteiger partial charge in [0.2, 0.25) is 11.8 Å². The molecule has 2 saturated heterocycles. The molecule has 0 bridgehead atoms. The van der Waals surface area contributed by atoms with E-state index in [1.165, 1.54) is 11.0 Å². The quantitative estimate of drug-likeness (QED) is 0.105. The summed E-state index contributed by atoms with van der Waals surface area (Å²) in [5, 5.41) is 16.8. The molecule has 2 aliphatic heterocycles. The van der Waals surface area contributed by atoms with Gasteiger partial charge in [0.15, 0.2) is 0 Å². The zero-order chi connectivity index (χ0) is 40.5. The predicted octanol–water partition coefficient (Wildman–Crippen LogP) is 8.95. The second-order valence-electron chi connectivity index (χ2n) is 15.3. The van der Waals surface area contributed by atoms with Gasteiger partial charge in [-0.2, -0.15) is 5.01 Å². The maximum atomic E-state index is 15.5. The lowest BCUT2D eigenvalue weighted by Gasteiger charge is -2.50. The van der Waals surface area contributed by atoms with E-state index < -0.39 is 46.8 Å². The Kier molecular flexibility index (Phi) is 9.29. The van der Waals surface area contributed by atoms with Crippen LogP contribution in [-0.4, -0.2) is 40.9 Å². The van der Waals surface area contributed by atoms with Gasteiger partial charge in [-0.3, -0.25) is 29.5 Å². The number of halogens is 2. The van der Waals surface area contributed by atoms with Crippen LogP contribution in [-0.2, 0) is 24.6 Å². The number of hydrazine groups is 1. The Bertz CT molecular complexity index is 2530. The molecule has 3 fully saturated rings. The van der Waals surface area contributed by atoms with Crippen LogP contribution in [0.25, 0.3) is 0 Å². The minimum Gasteiger partial charge on any atom is -0.507 e. The third-order valence-corrected chi connectivity index (χ3v) is 12.9. The molecule has 0 spiro atoms. The van der Waals surface area contributed by atoms with Gasteiger partial charge in [-0.1, -0.05) is 83.4 Å². The Labute approximate surface area is 345 Å². The standard InChI is InChI=1S/C46H38Cl2N4O6/c1-25-7-6-10-34(41(25)53)40-32-20-21-33-39(44(56)51(42(33)54)30-16-14-29(15-17-30)49-28-8-4-3-5-9-28)35(32)24-36-43(55)52(50-38-22-13-27(47)23-37(38)48)45(57)46(36,40)26-11-18-31(58-2)19-12-26/h3-20,22-23,33,35-36,39-40,49-50,53H,21,24H2,1-2H3/t33-,35+,36-,39-,40+,46+/m0/s1. The summed E-state index contributed by atoms with van der Waals surface area (Å²) in [4.78, 5) is 60.8. The van der Waals surface area contributed by atoms with E-state index in [0.717, 1.165) is 22.0 Å². The third kappa shape index (κ3) is 5.76. The van der Waals surface area contributed by atoms with E-state index in [-0.39, 0.29) is 35.4 Å². The van der Waals surface area contributed by atoms with Crippen LogP contribution >= 0.6 is 23.2 Å². The molecule has 292 valence electrons. The van der Waals surface area contributed by atoms with Gasteiger partial charge in [0.25, 0.3) is 11.8 Å². The van der Waals surface area contributed by atoms with E-state index >= 15 is 9.59 Å². The van der Waals surface area contributed by atoms with Crippen LogP contribution < -0.4 is 20.4 Å². The fourth-order valence-corrected chi connectivity index (χ4v) is 10.2. The topological polar surface area (TPSA) is 128 Å². The van der Waals surface area contributed by atoms with Crippen molar-refractivity contribution in [3.8, 4) is 11.5 Å². The third-order valence-electron chi connectivity index (χ3n) is 12.3. The minimum absolute atomic E-state index is 0.0186. The number of nitrogens with one attached hydrogen (secondary N) is 2. The molecule has 2 heterocycles. The van der Waals surface area contributed by atoms with Crippen molar-refractivity contribution >= 4 is 69.6 Å².